The number of carbonyl (C=O) groups excluding carboxylic acids is 1. The highest BCUT2D eigenvalue weighted by atomic mass is 32.2. The molecule has 2 aromatic carbocycles. The molecule has 0 fully saturated rings. The summed E-state index contributed by atoms with van der Waals surface area (Å²) in [6.45, 7) is 1.86. The maximum Gasteiger partial charge on any atom is 0.257 e. The van der Waals surface area contributed by atoms with Gasteiger partial charge in [0.25, 0.3) is 5.91 Å². The van der Waals surface area contributed by atoms with Gasteiger partial charge >= 0.3 is 0 Å². The Bertz CT molecular complexity index is 1140. The maximum atomic E-state index is 12.6. The first-order valence-electron chi connectivity index (χ1n) is 8.77. The molecule has 0 radical (unpaired) electrons. The van der Waals surface area contributed by atoms with Crippen LogP contribution in [0.2, 0.25) is 0 Å². The van der Waals surface area contributed by atoms with E-state index in [0.717, 1.165) is 16.8 Å². The Hall–Kier alpha value is -2.71. The quantitative estimate of drug-likeness (QED) is 0.706. The van der Waals surface area contributed by atoms with Gasteiger partial charge in [-0.2, -0.15) is 0 Å². The second kappa shape index (κ2) is 7.03. The van der Waals surface area contributed by atoms with Gasteiger partial charge in [-0.25, -0.2) is 13.4 Å². The normalized spacial score (nSPS) is 16.1. The Labute approximate surface area is 167 Å². The van der Waals surface area contributed by atoms with E-state index in [1.54, 1.807) is 18.2 Å². The topological polar surface area (TPSA) is 79.4 Å². The van der Waals surface area contributed by atoms with Crippen molar-refractivity contribution in [3.8, 4) is 11.3 Å². The molecule has 1 aliphatic rings. The lowest BCUT2D eigenvalue weighted by Gasteiger charge is -2.21. The van der Waals surface area contributed by atoms with E-state index in [4.69, 9.17) is 0 Å². The van der Waals surface area contributed by atoms with Crippen LogP contribution in [-0.2, 0) is 16.4 Å². The molecule has 28 heavy (non-hydrogen) atoms. The predicted molar refractivity (Wildman–Crippen MR) is 112 cm³/mol. The molecule has 8 heteroatoms. The largest absolute Gasteiger partial charge is 0.298 e. The number of rotatable bonds is 4. The van der Waals surface area contributed by atoms with Crippen LogP contribution in [0.3, 0.4) is 0 Å². The molecule has 1 aromatic heterocycles. The van der Waals surface area contributed by atoms with Crippen molar-refractivity contribution >= 4 is 38.1 Å². The molecular formula is C20H19N3O3S2. The second-order valence-corrected chi connectivity index (χ2v) is 9.53. The van der Waals surface area contributed by atoms with Gasteiger partial charge in [0.05, 0.1) is 17.6 Å². The Morgan fingerprint density at radius 2 is 1.96 bits per heavy atom. The smallest absolute Gasteiger partial charge is 0.257 e. The van der Waals surface area contributed by atoms with E-state index in [1.165, 1.54) is 21.9 Å². The summed E-state index contributed by atoms with van der Waals surface area (Å²) in [4.78, 5) is 17.1. The van der Waals surface area contributed by atoms with Crippen molar-refractivity contribution in [3.63, 3.8) is 0 Å². The zero-order valence-corrected chi connectivity index (χ0v) is 17.0. The molecule has 1 atom stereocenters. The summed E-state index contributed by atoms with van der Waals surface area (Å²) < 4.78 is 25.5. The van der Waals surface area contributed by atoms with E-state index in [-0.39, 0.29) is 11.9 Å². The van der Waals surface area contributed by atoms with Crippen molar-refractivity contribution in [1.29, 1.82) is 0 Å². The molecule has 1 N–H and O–H groups in total. The van der Waals surface area contributed by atoms with Crippen LogP contribution in [0.25, 0.3) is 11.3 Å². The summed E-state index contributed by atoms with van der Waals surface area (Å²) in [5, 5.41) is 5.25. The number of hydrogen-bond acceptors (Lipinski definition) is 5. The molecule has 2 heterocycles. The van der Waals surface area contributed by atoms with E-state index < -0.39 is 10.0 Å². The van der Waals surface area contributed by atoms with Crippen LogP contribution < -0.4 is 9.62 Å². The molecule has 0 bridgehead atoms. The van der Waals surface area contributed by atoms with E-state index in [0.29, 0.717) is 22.8 Å². The van der Waals surface area contributed by atoms with Gasteiger partial charge in [0.15, 0.2) is 5.13 Å². The van der Waals surface area contributed by atoms with Crippen molar-refractivity contribution < 1.29 is 13.2 Å². The molecule has 0 saturated heterocycles. The minimum atomic E-state index is -3.35. The maximum absolute atomic E-state index is 12.6. The summed E-state index contributed by atoms with van der Waals surface area (Å²) in [6, 6.07) is 14.7. The number of carbonyl (C=O) groups is 1. The lowest BCUT2D eigenvalue weighted by molar-refractivity contribution is 0.102. The average molecular weight is 414 g/mol. The number of nitrogens with one attached hydrogen (secondary N) is 1. The van der Waals surface area contributed by atoms with Crippen LogP contribution >= 0.6 is 11.3 Å². The summed E-state index contributed by atoms with van der Waals surface area (Å²) in [6.07, 6.45) is 1.78. The Morgan fingerprint density at radius 1 is 1.21 bits per heavy atom. The molecule has 4 rings (SSSR count). The third-order valence-corrected chi connectivity index (χ3v) is 6.68. The molecular weight excluding hydrogens is 394 g/mol. The highest BCUT2D eigenvalue weighted by Crippen LogP contribution is 2.35. The molecule has 0 spiro atoms. The number of thiazole rings is 1. The van der Waals surface area contributed by atoms with Crippen LogP contribution in [0.4, 0.5) is 10.8 Å². The number of sulfonamides is 1. The Kier molecular flexibility index (Phi) is 4.68. The fourth-order valence-corrected chi connectivity index (χ4v) is 5.47. The summed E-state index contributed by atoms with van der Waals surface area (Å²) in [5.41, 5.74) is 3.79. The second-order valence-electron chi connectivity index (χ2n) is 6.81. The molecule has 0 saturated carbocycles. The number of benzene rings is 2. The van der Waals surface area contributed by atoms with E-state index in [1.807, 2.05) is 42.6 Å². The zero-order chi connectivity index (χ0) is 19.9. The van der Waals surface area contributed by atoms with Crippen molar-refractivity contribution in [2.24, 2.45) is 0 Å². The lowest BCUT2D eigenvalue weighted by Crippen LogP contribution is -2.34. The van der Waals surface area contributed by atoms with Crippen LogP contribution in [0.1, 0.15) is 22.8 Å². The molecule has 144 valence electrons. The van der Waals surface area contributed by atoms with E-state index in [9.17, 15) is 13.2 Å². The monoisotopic (exact) mass is 413 g/mol. The fourth-order valence-electron chi connectivity index (χ4n) is 3.49. The molecule has 6 nitrogen and oxygen atoms in total. The Balaban J connectivity index is 1.54. The summed E-state index contributed by atoms with van der Waals surface area (Å²) in [7, 11) is -3.35. The fraction of sp³-hybridized carbons (Fsp3) is 0.200. The number of aromatic nitrogens is 1. The number of fused-ring (bicyclic) bond motifs is 1. The SMILES string of the molecule is C[C@@H]1Cc2cc(C(=O)Nc3nc(-c4ccccc4)cs3)ccc2N1S(C)(=O)=O. The van der Waals surface area contributed by atoms with Gasteiger partial charge in [0, 0.05) is 22.5 Å². The Morgan fingerprint density at radius 3 is 2.68 bits per heavy atom. The predicted octanol–water partition coefficient (Wildman–Crippen LogP) is 3.77. The average Bonchev–Trinajstić information content (AvgIpc) is 3.24. The van der Waals surface area contributed by atoms with Gasteiger partial charge in [-0.3, -0.25) is 14.4 Å². The van der Waals surface area contributed by atoms with Crippen LogP contribution in [0, 0.1) is 0 Å². The first-order chi connectivity index (χ1) is 13.3. The molecule has 1 aliphatic heterocycles. The number of anilines is 2. The van der Waals surface area contributed by atoms with Crippen LogP contribution in [0.5, 0.6) is 0 Å². The summed E-state index contributed by atoms with van der Waals surface area (Å²) in [5.74, 6) is -0.262. The van der Waals surface area contributed by atoms with Crippen molar-refractivity contribution in [3.05, 3.63) is 65.0 Å². The highest BCUT2D eigenvalue weighted by Gasteiger charge is 2.32. The highest BCUT2D eigenvalue weighted by molar-refractivity contribution is 7.92. The van der Waals surface area contributed by atoms with Gasteiger partial charge in [-0.1, -0.05) is 30.3 Å². The third-order valence-electron chi connectivity index (χ3n) is 4.65. The standard InChI is InChI=1S/C20H19N3O3S2/c1-13-10-16-11-15(8-9-18(16)23(13)28(2,25)26)19(24)22-20-21-17(12-27-20)14-6-4-3-5-7-14/h3-9,11-13H,10H2,1-2H3,(H,21,22,24)/t13-/m1/s1. The van der Waals surface area contributed by atoms with Gasteiger partial charge in [-0.15, -0.1) is 11.3 Å². The minimum absolute atomic E-state index is 0.157. The van der Waals surface area contributed by atoms with Crippen molar-refractivity contribution in [2.45, 2.75) is 19.4 Å². The van der Waals surface area contributed by atoms with Crippen LogP contribution in [0.15, 0.2) is 53.9 Å². The first-order valence-corrected chi connectivity index (χ1v) is 11.5. The van der Waals surface area contributed by atoms with E-state index in [2.05, 4.69) is 10.3 Å². The zero-order valence-electron chi connectivity index (χ0n) is 15.4. The van der Waals surface area contributed by atoms with E-state index >= 15 is 0 Å². The third kappa shape index (κ3) is 3.53. The minimum Gasteiger partial charge on any atom is -0.298 e. The molecule has 1 amide bonds. The molecule has 0 aliphatic carbocycles. The molecule has 3 aromatic rings. The van der Waals surface area contributed by atoms with Crippen LogP contribution in [-0.4, -0.2) is 31.6 Å². The lowest BCUT2D eigenvalue weighted by atomic mass is 10.1. The van der Waals surface area contributed by atoms with Gasteiger partial charge in [-0.05, 0) is 37.1 Å². The summed E-state index contributed by atoms with van der Waals surface area (Å²) >= 11 is 1.37. The van der Waals surface area contributed by atoms with Gasteiger partial charge in [0.1, 0.15) is 0 Å². The number of nitrogens with zero attached hydrogens (tertiary/aromatic N) is 2. The number of amides is 1. The molecule has 0 unspecified atom stereocenters. The first kappa shape index (κ1) is 18.6. The van der Waals surface area contributed by atoms with Gasteiger partial charge < -0.3 is 0 Å². The van der Waals surface area contributed by atoms with Gasteiger partial charge in [0.2, 0.25) is 10.0 Å². The van der Waals surface area contributed by atoms with Crippen molar-refractivity contribution in [1.82, 2.24) is 4.98 Å². The number of hydrogen-bond donors (Lipinski definition) is 1. The van der Waals surface area contributed by atoms with Crippen molar-refractivity contribution in [2.75, 3.05) is 15.9 Å².